The summed E-state index contributed by atoms with van der Waals surface area (Å²) in [6.45, 7) is 3.01. The number of Topliss-reactive ketones (excluding diaryl/α,β-unsaturated/α-hetero) is 1. The highest BCUT2D eigenvalue weighted by Gasteiger charge is 2.64. The summed E-state index contributed by atoms with van der Waals surface area (Å²) in [7, 11) is 0. The van der Waals surface area contributed by atoms with Gasteiger partial charge in [0.15, 0.2) is 6.73 Å². The molecule has 238 valence electrons. The van der Waals surface area contributed by atoms with Gasteiger partial charge in [-0.2, -0.15) is 13.2 Å². The molecular weight excluding hydrogens is 595 g/mol. The van der Waals surface area contributed by atoms with Crippen molar-refractivity contribution in [1.29, 1.82) is 0 Å². The zero-order chi connectivity index (χ0) is 32.7. The molecule has 2 heterocycles. The van der Waals surface area contributed by atoms with Crippen LogP contribution in [0.4, 0.5) is 13.2 Å². The molecule has 13 heteroatoms. The number of fused-ring (bicyclic) bond motifs is 1. The average Bonchev–Trinajstić information content (AvgIpc) is 3.75. The molecule has 2 aromatic carbocycles. The molecular formula is C32H32F3N3O7. The highest BCUT2D eigenvalue weighted by molar-refractivity contribution is 6.42. The van der Waals surface area contributed by atoms with Gasteiger partial charge >= 0.3 is 12.1 Å². The van der Waals surface area contributed by atoms with Crippen molar-refractivity contribution >= 4 is 35.4 Å². The van der Waals surface area contributed by atoms with Crippen LogP contribution in [0.5, 0.6) is 0 Å². The minimum atomic E-state index is -4.40. The minimum absolute atomic E-state index is 0.0160. The van der Waals surface area contributed by atoms with Crippen molar-refractivity contribution < 1.29 is 46.7 Å². The molecule has 0 radical (unpaired) electrons. The Morgan fingerprint density at radius 3 is 2.36 bits per heavy atom. The smallest absolute Gasteiger partial charge is 0.398 e. The molecule has 3 aliphatic rings. The van der Waals surface area contributed by atoms with E-state index < -0.39 is 59.7 Å². The van der Waals surface area contributed by atoms with E-state index in [-0.39, 0.29) is 62.2 Å². The Balaban J connectivity index is 1.22. The number of piperidine rings is 1. The number of amides is 4. The van der Waals surface area contributed by atoms with Gasteiger partial charge in [-0.25, -0.2) is 4.90 Å². The van der Waals surface area contributed by atoms with Crippen LogP contribution in [0, 0.1) is 5.92 Å². The Labute approximate surface area is 256 Å². The first-order valence-corrected chi connectivity index (χ1v) is 14.6. The van der Waals surface area contributed by atoms with Crippen LogP contribution in [0.3, 0.4) is 0 Å². The second-order valence-corrected chi connectivity index (χ2v) is 12.0. The van der Waals surface area contributed by atoms with Gasteiger partial charge < -0.3 is 15.0 Å². The third kappa shape index (κ3) is 6.20. The average molecular weight is 628 g/mol. The predicted octanol–water partition coefficient (Wildman–Crippen LogP) is 3.80. The molecule has 10 nitrogen and oxygen atoms in total. The van der Waals surface area contributed by atoms with E-state index in [0.717, 1.165) is 4.90 Å². The van der Waals surface area contributed by atoms with Crippen molar-refractivity contribution in [1.82, 2.24) is 15.1 Å². The van der Waals surface area contributed by atoms with Gasteiger partial charge in [-0.15, -0.1) is 0 Å². The van der Waals surface area contributed by atoms with Crippen molar-refractivity contribution in [3.05, 3.63) is 70.3 Å². The number of likely N-dealkylation sites (tertiary alicyclic amines) is 1. The summed E-state index contributed by atoms with van der Waals surface area (Å²) in [5.41, 5.74) is -0.523. The van der Waals surface area contributed by atoms with Gasteiger partial charge in [-0.1, -0.05) is 50.2 Å². The lowest BCUT2D eigenvalue weighted by molar-refractivity contribution is -0.164. The standard InChI is InChI=1S/C32H32F3N3O7/c1-18(2)14-26(40)45-17-38-25(39)11-10-24(30(38)44)37-16-23-20(4-3-5-22(23)29(37)43)15-36-28(42)27(41)19-6-8-21(9-7-19)31(12-13-31)32(33,34)35/h3-9,18,24H,10-17H2,1-2H3,(H,36,42). The molecule has 0 bridgehead atoms. The number of imide groups is 1. The second-order valence-electron chi connectivity index (χ2n) is 12.0. The molecule has 0 spiro atoms. The zero-order valence-electron chi connectivity index (χ0n) is 24.7. The first kappa shape index (κ1) is 31.9. The molecule has 0 aromatic heterocycles. The van der Waals surface area contributed by atoms with Crippen LogP contribution in [-0.2, 0) is 42.4 Å². The highest BCUT2D eigenvalue weighted by atomic mass is 19.4. The molecule has 1 atom stereocenters. The van der Waals surface area contributed by atoms with Crippen LogP contribution in [0.2, 0.25) is 0 Å². The quantitative estimate of drug-likeness (QED) is 0.184. The maximum atomic E-state index is 13.4. The van der Waals surface area contributed by atoms with Crippen molar-refractivity contribution in [3.8, 4) is 0 Å². The number of carbonyl (C=O) groups is 6. The summed E-state index contributed by atoms with van der Waals surface area (Å²) in [5.74, 6) is -4.01. The Hall–Kier alpha value is -4.55. The maximum Gasteiger partial charge on any atom is 0.398 e. The molecule has 45 heavy (non-hydrogen) atoms. The van der Waals surface area contributed by atoms with Crippen LogP contribution >= 0.6 is 0 Å². The molecule has 1 aliphatic carbocycles. The Morgan fingerprint density at radius 1 is 1.04 bits per heavy atom. The van der Waals surface area contributed by atoms with Crippen molar-refractivity contribution in [2.24, 2.45) is 5.92 Å². The number of ketones is 1. The van der Waals surface area contributed by atoms with E-state index in [4.69, 9.17) is 4.74 Å². The van der Waals surface area contributed by atoms with Crippen LogP contribution in [0.25, 0.3) is 0 Å². The second kappa shape index (κ2) is 12.1. The monoisotopic (exact) mass is 627 g/mol. The number of nitrogens with zero attached hydrogens (tertiary/aromatic N) is 2. The van der Waals surface area contributed by atoms with Gasteiger partial charge in [0, 0.05) is 37.1 Å². The summed E-state index contributed by atoms with van der Waals surface area (Å²) in [5, 5.41) is 2.51. The third-order valence-electron chi connectivity index (χ3n) is 8.52. The normalized spacial score (nSPS) is 19.1. The molecule has 1 saturated carbocycles. The number of rotatable bonds is 10. The van der Waals surface area contributed by atoms with Gasteiger partial charge in [0.2, 0.25) is 11.7 Å². The first-order valence-electron chi connectivity index (χ1n) is 14.6. The fourth-order valence-electron chi connectivity index (χ4n) is 5.80. The number of carbonyl (C=O) groups excluding carboxylic acids is 6. The van der Waals surface area contributed by atoms with Crippen molar-refractivity contribution in [2.45, 2.75) is 76.7 Å². The highest BCUT2D eigenvalue weighted by Crippen LogP contribution is 2.58. The van der Waals surface area contributed by atoms with Crippen LogP contribution in [-0.4, -0.2) is 64.1 Å². The van der Waals surface area contributed by atoms with Crippen LogP contribution < -0.4 is 5.32 Å². The summed E-state index contributed by atoms with van der Waals surface area (Å²) in [4.78, 5) is 78.6. The summed E-state index contributed by atoms with van der Waals surface area (Å²) in [6.07, 6.45) is -4.25. The van der Waals surface area contributed by atoms with Crippen molar-refractivity contribution in [3.63, 3.8) is 0 Å². The molecule has 5 rings (SSSR count). The summed E-state index contributed by atoms with van der Waals surface area (Å²) in [6, 6.07) is 8.74. The van der Waals surface area contributed by atoms with E-state index in [0.29, 0.717) is 16.7 Å². The molecule has 2 aliphatic heterocycles. The largest absolute Gasteiger partial charge is 0.444 e. The van der Waals surface area contributed by atoms with Gasteiger partial charge in [0.1, 0.15) is 6.04 Å². The zero-order valence-corrected chi connectivity index (χ0v) is 24.7. The Kier molecular flexibility index (Phi) is 8.56. The van der Waals surface area contributed by atoms with E-state index >= 15 is 0 Å². The molecule has 1 N–H and O–H groups in total. The SMILES string of the molecule is CC(C)CC(=O)OCN1C(=O)CCC(N2Cc3c(CNC(=O)C(=O)c4ccc(C5(C(F)(F)F)CC5)cc4)cccc3C2=O)C1=O. The molecule has 1 saturated heterocycles. The van der Waals surface area contributed by atoms with Gasteiger partial charge in [-0.3, -0.25) is 28.8 Å². The predicted molar refractivity (Wildman–Crippen MR) is 151 cm³/mol. The van der Waals surface area contributed by atoms with Crippen LogP contribution in [0.15, 0.2) is 42.5 Å². The number of nitrogens with one attached hydrogen (secondary N) is 1. The molecule has 2 aromatic rings. The lowest BCUT2D eigenvalue weighted by atomic mass is 9.94. The van der Waals surface area contributed by atoms with Crippen molar-refractivity contribution in [2.75, 3.05) is 6.73 Å². The lowest BCUT2D eigenvalue weighted by Crippen LogP contribution is -2.55. The fraction of sp³-hybridized carbons (Fsp3) is 0.438. The number of alkyl halides is 3. The van der Waals surface area contributed by atoms with Crippen LogP contribution in [0.1, 0.15) is 83.4 Å². The fourth-order valence-corrected chi connectivity index (χ4v) is 5.80. The lowest BCUT2D eigenvalue weighted by Gasteiger charge is -2.35. The van der Waals surface area contributed by atoms with E-state index in [9.17, 15) is 41.9 Å². The Morgan fingerprint density at radius 2 is 1.73 bits per heavy atom. The number of halogens is 3. The van der Waals surface area contributed by atoms with E-state index in [1.807, 2.05) is 13.8 Å². The number of hydrogen-bond donors (Lipinski definition) is 1. The summed E-state index contributed by atoms with van der Waals surface area (Å²) >= 11 is 0. The van der Waals surface area contributed by atoms with E-state index in [1.54, 1.807) is 18.2 Å². The van der Waals surface area contributed by atoms with Gasteiger partial charge in [0.25, 0.3) is 17.7 Å². The number of ether oxygens (including phenoxy) is 1. The molecule has 2 fully saturated rings. The number of hydrogen-bond acceptors (Lipinski definition) is 7. The minimum Gasteiger partial charge on any atom is -0.444 e. The van der Waals surface area contributed by atoms with Gasteiger partial charge in [0.05, 0.1) is 5.41 Å². The summed E-state index contributed by atoms with van der Waals surface area (Å²) < 4.78 is 45.4. The van der Waals surface area contributed by atoms with E-state index in [1.165, 1.54) is 29.2 Å². The number of benzene rings is 2. The Bertz CT molecular complexity index is 1560. The van der Waals surface area contributed by atoms with E-state index in [2.05, 4.69) is 5.32 Å². The van der Waals surface area contributed by atoms with Gasteiger partial charge in [-0.05, 0) is 47.9 Å². The molecule has 4 amide bonds. The number of esters is 1. The maximum absolute atomic E-state index is 13.4. The topological polar surface area (TPSA) is 130 Å². The first-order chi connectivity index (χ1) is 21.2. The third-order valence-corrected chi connectivity index (χ3v) is 8.52. The molecule has 1 unspecified atom stereocenters.